The quantitative estimate of drug-likeness (QED) is 0.680. The number of hydrogen-bond acceptors (Lipinski definition) is 5. The molecule has 0 amide bonds. The number of esters is 1. The van der Waals surface area contributed by atoms with Crippen LogP contribution in [0, 0.1) is 5.41 Å². The van der Waals surface area contributed by atoms with Crippen molar-refractivity contribution in [1.82, 2.24) is 9.80 Å². The van der Waals surface area contributed by atoms with Crippen molar-refractivity contribution in [2.75, 3.05) is 60.1 Å². The normalized spacial score (nSPS) is 23.1. The molecule has 5 nitrogen and oxygen atoms in total. The highest BCUT2D eigenvalue weighted by Crippen LogP contribution is 2.39. The van der Waals surface area contributed by atoms with Crippen LogP contribution in [0.5, 0.6) is 0 Å². The van der Waals surface area contributed by atoms with Gasteiger partial charge in [0.05, 0.1) is 25.7 Å². The molecule has 2 fully saturated rings. The Bertz CT molecular complexity index is 310. The highest BCUT2D eigenvalue weighted by molar-refractivity contribution is 5.77. The van der Waals surface area contributed by atoms with E-state index < -0.39 is 0 Å². The zero-order valence-corrected chi connectivity index (χ0v) is 12.9. The van der Waals surface area contributed by atoms with E-state index in [2.05, 4.69) is 16.8 Å². The van der Waals surface area contributed by atoms with Gasteiger partial charge >= 0.3 is 5.97 Å². The number of carbonyl (C=O) groups excluding carboxylic acids is 1. The summed E-state index contributed by atoms with van der Waals surface area (Å²) in [6, 6.07) is 0. The summed E-state index contributed by atoms with van der Waals surface area (Å²) >= 11 is 0. The number of methoxy groups -OCH3 is 1. The Morgan fingerprint density at radius 3 is 2.55 bits per heavy atom. The fraction of sp³-hybridized carbons (Fsp3) is 0.933. The summed E-state index contributed by atoms with van der Waals surface area (Å²) in [6.07, 6.45) is 4.24. The third kappa shape index (κ3) is 3.93. The average Bonchev–Trinajstić information content (AvgIpc) is 2.95. The molecule has 0 bridgehead atoms. The molecule has 1 saturated heterocycles. The molecule has 1 aliphatic heterocycles. The van der Waals surface area contributed by atoms with E-state index in [4.69, 9.17) is 9.47 Å². The topological polar surface area (TPSA) is 42.0 Å². The molecular weight excluding hydrogens is 256 g/mol. The summed E-state index contributed by atoms with van der Waals surface area (Å²) in [5, 5.41) is 0. The second-order valence-corrected chi connectivity index (χ2v) is 6.17. The molecule has 0 aromatic carbocycles. The van der Waals surface area contributed by atoms with Crippen LogP contribution in [0.3, 0.4) is 0 Å². The highest BCUT2D eigenvalue weighted by atomic mass is 16.5. The van der Waals surface area contributed by atoms with Crippen LogP contribution in [0.15, 0.2) is 0 Å². The molecule has 5 heteroatoms. The summed E-state index contributed by atoms with van der Waals surface area (Å²) < 4.78 is 10.4. The van der Waals surface area contributed by atoms with Gasteiger partial charge in [-0.25, -0.2) is 0 Å². The highest BCUT2D eigenvalue weighted by Gasteiger charge is 2.42. The molecule has 0 radical (unpaired) electrons. The number of likely N-dealkylation sites (N-methyl/N-ethyl adjacent to an activating group) is 1. The number of ether oxygens (including phenoxy) is 2. The first-order valence-corrected chi connectivity index (χ1v) is 7.73. The number of carbonyl (C=O) groups is 1. The molecule has 0 N–H and O–H groups in total. The Labute approximate surface area is 122 Å². The van der Waals surface area contributed by atoms with E-state index in [1.54, 1.807) is 0 Å². The summed E-state index contributed by atoms with van der Waals surface area (Å²) in [5.74, 6) is -0.0202. The van der Waals surface area contributed by atoms with Crippen LogP contribution in [0.1, 0.15) is 25.7 Å². The van der Waals surface area contributed by atoms with E-state index >= 15 is 0 Å². The smallest absolute Gasteiger partial charge is 0.313 e. The molecule has 2 aliphatic rings. The fourth-order valence-corrected chi connectivity index (χ4v) is 3.43. The van der Waals surface area contributed by atoms with Crippen LogP contribution in [0.2, 0.25) is 0 Å². The first kappa shape index (κ1) is 15.7. The van der Waals surface area contributed by atoms with E-state index in [0.29, 0.717) is 0 Å². The summed E-state index contributed by atoms with van der Waals surface area (Å²) in [4.78, 5) is 16.8. The van der Waals surface area contributed by atoms with Crippen LogP contribution < -0.4 is 0 Å². The second-order valence-electron chi connectivity index (χ2n) is 6.17. The van der Waals surface area contributed by atoms with Gasteiger partial charge in [-0.2, -0.15) is 0 Å². The zero-order valence-electron chi connectivity index (χ0n) is 12.9. The van der Waals surface area contributed by atoms with Crippen molar-refractivity contribution in [2.45, 2.75) is 25.7 Å². The van der Waals surface area contributed by atoms with Crippen LogP contribution in [-0.4, -0.2) is 75.9 Å². The van der Waals surface area contributed by atoms with Gasteiger partial charge in [-0.1, -0.05) is 12.8 Å². The van der Waals surface area contributed by atoms with Gasteiger partial charge in [0.2, 0.25) is 0 Å². The monoisotopic (exact) mass is 284 g/mol. The molecule has 0 spiro atoms. The molecule has 116 valence electrons. The van der Waals surface area contributed by atoms with Crippen molar-refractivity contribution >= 4 is 5.97 Å². The van der Waals surface area contributed by atoms with Gasteiger partial charge in [0.25, 0.3) is 0 Å². The maximum Gasteiger partial charge on any atom is 0.313 e. The lowest BCUT2D eigenvalue weighted by molar-refractivity contribution is -0.153. The lowest BCUT2D eigenvalue weighted by Gasteiger charge is -2.33. The summed E-state index contributed by atoms with van der Waals surface area (Å²) in [5.41, 5.74) is -0.255. The van der Waals surface area contributed by atoms with Gasteiger partial charge in [-0.3, -0.25) is 9.69 Å². The number of rotatable bonds is 6. The van der Waals surface area contributed by atoms with Gasteiger partial charge < -0.3 is 14.4 Å². The Balaban J connectivity index is 1.79. The van der Waals surface area contributed by atoms with Crippen molar-refractivity contribution in [3.05, 3.63) is 0 Å². The van der Waals surface area contributed by atoms with E-state index in [1.807, 2.05) is 0 Å². The van der Waals surface area contributed by atoms with Crippen molar-refractivity contribution in [3.63, 3.8) is 0 Å². The lowest BCUT2D eigenvalue weighted by atomic mass is 9.85. The first-order chi connectivity index (χ1) is 9.66. The average molecular weight is 284 g/mol. The van der Waals surface area contributed by atoms with Crippen LogP contribution >= 0.6 is 0 Å². The summed E-state index contributed by atoms with van der Waals surface area (Å²) in [6.45, 7) is 6.61. The first-order valence-electron chi connectivity index (χ1n) is 7.73. The molecule has 0 atom stereocenters. The minimum Gasteiger partial charge on any atom is -0.469 e. The van der Waals surface area contributed by atoms with Gasteiger partial charge in [-0.05, 0) is 19.9 Å². The van der Waals surface area contributed by atoms with E-state index in [0.717, 1.165) is 71.6 Å². The van der Waals surface area contributed by atoms with Gasteiger partial charge in [0.1, 0.15) is 0 Å². The van der Waals surface area contributed by atoms with Gasteiger partial charge in [0.15, 0.2) is 0 Å². The SMILES string of the molecule is COC(=O)C1(CN(C)CCN2CCOCC2)CCCC1. The molecule has 20 heavy (non-hydrogen) atoms. The molecule has 0 unspecified atom stereocenters. The van der Waals surface area contributed by atoms with E-state index in [-0.39, 0.29) is 11.4 Å². The third-order valence-electron chi connectivity index (χ3n) is 4.65. The predicted octanol–water partition coefficient (Wildman–Crippen LogP) is 0.984. The summed E-state index contributed by atoms with van der Waals surface area (Å²) in [7, 11) is 3.62. The number of hydrogen-bond donors (Lipinski definition) is 0. The van der Waals surface area contributed by atoms with Crippen molar-refractivity contribution in [3.8, 4) is 0 Å². The van der Waals surface area contributed by atoms with Crippen LogP contribution in [0.4, 0.5) is 0 Å². The fourth-order valence-electron chi connectivity index (χ4n) is 3.43. The Kier molecular flexibility index (Phi) is 5.81. The molecule has 1 aliphatic carbocycles. The molecule has 1 heterocycles. The second kappa shape index (κ2) is 7.38. The molecule has 0 aromatic rings. The molecule has 2 rings (SSSR count). The Morgan fingerprint density at radius 2 is 1.95 bits per heavy atom. The van der Waals surface area contributed by atoms with Crippen molar-refractivity contribution < 1.29 is 14.3 Å². The Hall–Kier alpha value is -0.650. The maximum absolute atomic E-state index is 12.1. The van der Waals surface area contributed by atoms with Crippen molar-refractivity contribution in [1.29, 1.82) is 0 Å². The predicted molar refractivity (Wildman–Crippen MR) is 77.7 cm³/mol. The standard InChI is InChI=1S/C15H28N2O3/c1-16(7-8-17-9-11-20-12-10-17)13-15(14(18)19-2)5-3-4-6-15/h3-13H2,1-2H3. The third-order valence-corrected chi connectivity index (χ3v) is 4.65. The van der Waals surface area contributed by atoms with E-state index in [9.17, 15) is 4.79 Å². The largest absolute Gasteiger partial charge is 0.469 e. The minimum atomic E-state index is -0.255. The zero-order chi connectivity index (χ0) is 14.4. The van der Waals surface area contributed by atoms with Crippen LogP contribution in [-0.2, 0) is 14.3 Å². The number of nitrogens with zero attached hydrogens (tertiary/aromatic N) is 2. The lowest BCUT2D eigenvalue weighted by Crippen LogP contribution is -2.45. The molecule has 1 saturated carbocycles. The number of morpholine rings is 1. The van der Waals surface area contributed by atoms with Gasteiger partial charge in [0, 0.05) is 32.7 Å². The van der Waals surface area contributed by atoms with E-state index in [1.165, 1.54) is 7.11 Å². The van der Waals surface area contributed by atoms with Crippen molar-refractivity contribution in [2.24, 2.45) is 5.41 Å². The Morgan fingerprint density at radius 1 is 1.30 bits per heavy atom. The maximum atomic E-state index is 12.1. The minimum absolute atomic E-state index is 0.0202. The molecule has 0 aromatic heterocycles. The van der Waals surface area contributed by atoms with Crippen LogP contribution in [0.25, 0.3) is 0 Å². The van der Waals surface area contributed by atoms with Gasteiger partial charge in [-0.15, -0.1) is 0 Å². The molecular formula is C15H28N2O3.